The van der Waals surface area contributed by atoms with E-state index in [2.05, 4.69) is 23.9 Å². The molecule has 180 valence electrons. The Morgan fingerprint density at radius 1 is 1.06 bits per heavy atom. The maximum Gasteiger partial charge on any atom is 0.245 e. The topological polar surface area (TPSA) is 84.5 Å². The van der Waals surface area contributed by atoms with Crippen LogP contribution in [-0.4, -0.2) is 26.5 Å². The van der Waals surface area contributed by atoms with Gasteiger partial charge < -0.3 is 10.1 Å². The van der Waals surface area contributed by atoms with Crippen LogP contribution in [0.25, 0.3) is 10.8 Å². The molecule has 0 unspecified atom stereocenters. The average molecular weight is 489 g/mol. The van der Waals surface area contributed by atoms with Crippen molar-refractivity contribution >= 4 is 32.4 Å². The number of fused-ring (bicyclic) bond motifs is 1. The zero-order valence-corrected chi connectivity index (χ0v) is 19.7. The number of rotatable bonds is 9. The molecule has 0 bridgehead atoms. The fourth-order valence-corrected chi connectivity index (χ4v) is 5.29. The molecule has 3 aromatic rings. The van der Waals surface area contributed by atoms with Crippen molar-refractivity contribution in [1.82, 2.24) is 4.72 Å². The van der Waals surface area contributed by atoms with Crippen molar-refractivity contribution in [1.29, 1.82) is 0 Å². The van der Waals surface area contributed by atoms with Gasteiger partial charge in [0.25, 0.3) is 0 Å². The smallest absolute Gasteiger partial charge is 0.245 e. The van der Waals surface area contributed by atoms with Crippen LogP contribution in [0.15, 0.2) is 54.6 Å². The van der Waals surface area contributed by atoms with E-state index in [9.17, 15) is 22.0 Å². The molecule has 1 saturated carbocycles. The van der Waals surface area contributed by atoms with Gasteiger partial charge in [-0.15, -0.1) is 0 Å². The van der Waals surface area contributed by atoms with Gasteiger partial charge in [0, 0.05) is 28.1 Å². The summed E-state index contributed by atoms with van der Waals surface area (Å²) in [5, 5.41) is 4.44. The molecule has 6 nitrogen and oxygen atoms in total. The average Bonchev–Trinajstić information content (AvgIpc) is 3.55. The number of halogens is 2. The Balaban J connectivity index is 1.52. The predicted octanol–water partition coefficient (Wildman–Crippen LogP) is 4.74. The second kappa shape index (κ2) is 9.31. The number of sulfonamides is 1. The van der Waals surface area contributed by atoms with Gasteiger partial charge in [-0.3, -0.25) is 4.79 Å². The van der Waals surface area contributed by atoms with Crippen LogP contribution >= 0.6 is 0 Å². The largest absolute Gasteiger partial charge is 0.493 e. The van der Waals surface area contributed by atoms with Gasteiger partial charge in [-0.1, -0.05) is 44.2 Å². The lowest BCUT2D eigenvalue weighted by Gasteiger charge is -2.19. The quantitative estimate of drug-likeness (QED) is 0.456. The van der Waals surface area contributed by atoms with Crippen LogP contribution in [0.5, 0.6) is 5.75 Å². The van der Waals surface area contributed by atoms with Gasteiger partial charge in [0.1, 0.15) is 22.9 Å². The summed E-state index contributed by atoms with van der Waals surface area (Å²) in [6.45, 7) is 4.66. The first-order valence-electron chi connectivity index (χ1n) is 11.0. The number of amides is 1. The lowest BCUT2D eigenvalue weighted by Crippen LogP contribution is -2.46. The lowest BCUT2D eigenvalue weighted by atomic mass is 10.1. The van der Waals surface area contributed by atoms with E-state index in [1.54, 1.807) is 12.1 Å². The summed E-state index contributed by atoms with van der Waals surface area (Å²) in [5.41, 5.74) is -0.941. The third-order valence-corrected chi connectivity index (χ3v) is 6.99. The number of ether oxygens (including phenoxy) is 1. The first kappa shape index (κ1) is 24.1. The number of anilines is 1. The third-order valence-electron chi connectivity index (χ3n) is 5.60. The minimum absolute atomic E-state index is 0.173. The highest BCUT2D eigenvalue weighted by molar-refractivity contribution is 7.88. The number of benzene rings is 3. The minimum atomic E-state index is -4.06. The molecular formula is C25H26F2N2O4S. The number of hydrogen-bond donors (Lipinski definition) is 2. The highest BCUT2D eigenvalue weighted by atomic mass is 32.2. The second-order valence-corrected chi connectivity index (χ2v) is 10.7. The number of carbonyl (C=O) groups excluding carboxylic acids is 1. The molecule has 1 amide bonds. The SMILES string of the molecule is CC(C)COc1ccc(NC(=O)C2(NS(=O)(=O)Cc3ccc(F)cc3F)CC2)c2ccccc12. The Hall–Kier alpha value is -3.04. The first-order valence-corrected chi connectivity index (χ1v) is 12.7. The summed E-state index contributed by atoms with van der Waals surface area (Å²) < 4.78 is 60.7. The van der Waals surface area contributed by atoms with Crippen LogP contribution < -0.4 is 14.8 Å². The Bertz CT molecular complexity index is 1340. The molecule has 9 heteroatoms. The van der Waals surface area contributed by atoms with Gasteiger partial charge >= 0.3 is 0 Å². The van der Waals surface area contributed by atoms with Gasteiger partial charge in [-0.05, 0) is 37.0 Å². The summed E-state index contributed by atoms with van der Waals surface area (Å²) in [6.07, 6.45) is 0.634. The minimum Gasteiger partial charge on any atom is -0.493 e. The van der Waals surface area contributed by atoms with E-state index in [1.165, 1.54) is 0 Å². The van der Waals surface area contributed by atoms with Crippen molar-refractivity contribution < 1.29 is 26.7 Å². The van der Waals surface area contributed by atoms with Crippen LogP contribution in [0.3, 0.4) is 0 Å². The summed E-state index contributed by atoms with van der Waals surface area (Å²) in [7, 11) is -4.06. The molecule has 0 radical (unpaired) electrons. The summed E-state index contributed by atoms with van der Waals surface area (Å²) in [4.78, 5) is 13.1. The van der Waals surface area contributed by atoms with E-state index in [0.29, 0.717) is 42.9 Å². The number of nitrogens with one attached hydrogen (secondary N) is 2. The highest BCUT2D eigenvalue weighted by Crippen LogP contribution is 2.39. The van der Waals surface area contributed by atoms with E-state index >= 15 is 0 Å². The zero-order valence-electron chi connectivity index (χ0n) is 18.9. The Morgan fingerprint density at radius 3 is 2.41 bits per heavy atom. The monoisotopic (exact) mass is 488 g/mol. The van der Waals surface area contributed by atoms with E-state index in [0.717, 1.165) is 22.9 Å². The molecule has 0 saturated heterocycles. The van der Waals surface area contributed by atoms with Gasteiger partial charge in [-0.25, -0.2) is 17.2 Å². The molecule has 0 atom stereocenters. The summed E-state index contributed by atoms with van der Waals surface area (Å²) >= 11 is 0. The maximum atomic E-state index is 13.9. The Kier molecular flexibility index (Phi) is 6.60. The predicted molar refractivity (Wildman–Crippen MR) is 127 cm³/mol. The van der Waals surface area contributed by atoms with Gasteiger partial charge in [0.2, 0.25) is 15.9 Å². The lowest BCUT2D eigenvalue weighted by molar-refractivity contribution is -0.118. The molecule has 1 fully saturated rings. The van der Waals surface area contributed by atoms with Crippen molar-refractivity contribution in [2.45, 2.75) is 38.0 Å². The summed E-state index contributed by atoms with van der Waals surface area (Å²) in [5.74, 6) is -1.88. The van der Waals surface area contributed by atoms with Gasteiger partial charge in [0.05, 0.1) is 12.4 Å². The van der Waals surface area contributed by atoms with Gasteiger partial charge in [0.15, 0.2) is 0 Å². The summed E-state index contributed by atoms with van der Waals surface area (Å²) in [6, 6.07) is 13.7. The standard InChI is InChI=1S/C25H26F2N2O4S/c1-16(2)14-33-23-10-9-22(19-5-3-4-6-20(19)23)28-24(30)25(11-12-25)29-34(31,32)15-17-7-8-18(26)13-21(17)27/h3-10,13,16,29H,11-12,14-15H2,1-2H3,(H,28,30). The fraction of sp³-hybridized carbons (Fsp3) is 0.320. The highest BCUT2D eigenvalue weighted by Gasteiger charge is 2.52. The van der Waals surface area contributed by atoms with Crippen LogP contribution in [-0.2, 0) is 20.6 Å². The molecular weight excluding hydrogens is 462 g/mol. The van der Waals surface area contributed by atoms with Crippen LogP contribution in [0.1, 0.15) is 32.3 Å². The van der Waals surface area contributed by atoms with E-state index in [4.69, 9.17) is 4.74 Å². The van der Waals surface area contributed by atoms with E-state index in [1.807, 2.05) is 24.3 Å². The van der Waals surface area contributed by atoms with Gasteiger partial charge in [-0.2, -0.15) is 4.72 Å². The van der Waals surface area contributed by atoms with Crippen LogP contribution in [0.2, 0.25) is 0 Å². The molecule has 2 N–H and O–H groups in total. The zero-order chi connectivity index (χ0) is 24.5. The molecule has 0 heterocycles. The Labute approximate surface area is 197 Å². The van der Waals surface area contributed by atoms with Crippen LogP contribution in [0.4, 0.5) is 14.5 Å². The first-order chi connectivity index (χ1) is 16.1. The molecule has 3 aromatic carbocycles. The number of carbonyl (C=O) groups is 1. The molecule has 4 rings (SSSR count). The van der Waals surface area contributed by atoms with Crippen molar-refractivity contribution in [2.24, 2.45) is 5.92 Å². The second-order valence-electron chi connectivity index (χ2n) is 8.99. The van der Waals surface area contributed by atoms with Crippen molar-refractivity contribution in [3.05, 3.63) is 71.8 Å². The number of hydrogen-bond acceptors (Lipinski definition) is 4. The van der Waals surface area contributed by atoms with E-state index < -0.39 is 38.9 Å². The Morgan fingerprint density at radius 2 is 1.76 bits per heavy atom. The molecule has 34 heavy (non-hydrogen) atoms. The van der Waals surface area contributed by atoms with Crippen LogP contribution in [0, 0.1) is 17.6 Å². The van der Waals surface area contributed by atoms with Crippen molar-refractivity contribution in [3.8, 4) is 5.75 Å². The van der Waals surface area contributed by atoms with Crippen molar-refractivity contribution in [3.63, 3.8) is 0 Å². The maximum absolute atomic E-state index is 13.9. The molecule has 1 aliphatic carbocycles. The molecule has 0 aromatic heterocycles. The van der Waals surface area contributed by atoms with E-state index in [-0.39, 0.29) is 5.56 Å². The van der Waals surface area contributed by atoms with Crippen molar-refractivity contribution in [2.75, 3.05) is 11.9 Å². The third kappa shape index (κ3) is 5.37. The normalized spacial score (nSPS) is 14.9. The molecule has 1 aliphatic rings. The fourth-order valence-electron chi connectivity index (χ4n) is 3.68. The molecule has 0 aliphatic heterocycles. The molecule has 0 spiro atoms.